The number of aliphatic carboxylic acids is 1. The lowest BCUT2D eigenvalue weighted by atomic mass is 10.2. The molecule has 0 saturated heterocycles. The molecule has 1 N–H and O–H groups in total. The van der Waals surface area contributed by atoms with E-state index in [4.69, 9.17) is 21.1 Å². The number of carbonyl (C=O) groups is 2. The highest BCUT2D eigenvalue weighted by Crippen LogP contribution is 2.30. The summed E-state index contributed by atoms with van der Waals surface area (Å²) < 4.78 is 5.67. The number of nitrogens with zero attached hydrogens (tertiary/aromatic N) is 3. The van der Waals surface area contributed by atoms with Crippen molar-refractivity contribution in [2.24, 2.45) is 0 Å². The summed E-state index contributed by atoms with van der Waals surface area (Å²) in [6, 6.07) is 7.31. The zero-order valence-electron chi connectivity index (χ0n) is 14.1. The molecule has 9 heteroatoms. The monoisotopic (exact) mass is 395 g/mol. The fourth-order valence-corrected chi connectivity index (χ4v) is 3.28. The Labute approximate surface area is 159 Å². The number of rotatable bonds is 8. The van der Waals surface area contributed by atoms with Crippen LogP contribution >= 0.6 is 23.4 Å². The molecule has 1 aliphatic carbocycles. The van der Waals surface area contributed by atoms with E-state index in [0.717, 1.165) is 24.6 Å². The Hall–Kier alpha value is -2.06. The fraction of sp³-hybridized carbons (Fsp3) is 0.412. The quantitative estimate of drug-likeness (QED) is 0.733. The minimum absolute atomic E-state index is 0.107. The molecular weight excluding hydrogens is 378 g/mol. The molecule has 0 radical (unpaired) electrons. The average Bonchev–Trinajstić information content (AvgIpc) is 3.36. The van der Waals surface area contributed by atoms with E-state index < -0.39 is 11.2 Å². The Kier molecular flexibility index (Phi) is 5.83. The number of carboxylic acid groups (broad SMARTS) is 1. The lowest BCUT2D eigenvalue weighted by molar-refractivity contribution is -0.136. The van der Waals surface area contributed by atoms with Gasteiger partial charge in [0.05, 0.1) is 28.1 Å². The summed E-state index contributed by atoms with van der Waals surface area (Å²) in [5, 5.41) is 16.8. The first-order valence-electron chi connectivity index (χ1n) is 8.17. The highest BCUT2D eigenvalue weighted by atomic mass is 35.5. The Morgan fingerprint density at radius 1 is 1.38 bits per heavy atom. The van der Waals surface area contributed by atoms with Crippen molar-refractivity contribution in [1.82, 2.24) is 15.1 Å². The van der Waals surface area contributed by atoms with Crippen LogP contribution in [-0.2, 0) is 16.1 Å². The van der Waals surface area contributed by atoms with Crippen molar-refractivity contribution >= 4 is 35.2 Å². The Morgan fingerprint density at radius 3 is 2.77 bits per heavy atom. The first kappa shape index (κ1) is 18.7. The molecule has 1 saturated carbocycles. The van der Waals surface area contributed by atoms with Gasteiger partial charge in [0.2, 0.25) is 17.7 Å². The van der Waals surface area contributed by atoms with Crippen LogP contribution in [0, 0.1) is 0 Å². The summed E-state index contributed by atoms with van der Waals surface area (Å²) in [6.45, 7) is 1.78. The van der Waals surface area contributed by atoms with Gasteiger partial charge in [0, 0.05) is 6.04 Å². The summed E-state index contributed by atoms with van der Waals surface area (Å²) in [4.78, 5) is 25.1. The fourth-order valence-electron chi connectivity index (χ4n) is 2.36. The van der Waals surface area contributed by atoms with Crippen LogP contribution in [0.15, 0.2) is 28.7 Å². The van der Waals surface area contributed by atoms with Gasteiger partial charge in [0.25, 0.3) is 0 Å². The third-order valence-electron chi connectivity index (χ3n) is 3.99. The summed E-state index contributed by atoms with van der Waals surface area (Å²) >= 11 is 7.24. The Balaban J connectivity index is 1.67. The van der Waals surface area contributed by atoms with Crippen LogP contribution in [0.4, 0.5) is 0 Å². The number of halogens is 1. The maximum Gasteiger partial charge on any atom is 0.316 e. The van der Waals surface area contributed by atoms with E-state index in [0.29, 0.717) is 22.4 Å². The number of benzene rings is 1. The van der Waals surface area contributed by atoms with Gasteiger partial charge in [0.15, 0.2) is 0 Å². The first-order chi connectivity index (χ1) is 12.5. The van der Waals surface area contributed by atoms with Gasteiger partial charge in [-0.05, 0) is 31.9 Å². The standard InChI is InChI=1S/C17H18ClN3O4S/c1-10(17(23)24)26-9-15(22)21(11-6-7-11)8-14-19-20-16(25-14)12-4-2-3-5-13(12)18/h2-5,10-11H,6-9H2,1H3,(H,23,24)/t10-/m0/s1. The molecule has 0 spiro atoms. The van der Waals surface area contributed by atoms with Crippen molar-refractivity contribution in [3.05, 3.63) is 35.2 Å². The van der Waals surface area contributed by atoms with E-state index in [2.05, 4.69) is 10.2 Å². The first-order valence-corrected chi connectivity index (χ1v) is 9.59. The van der Waals surface area contributed by atoms with Gasteiger partial charge in [-0.3, -0.25) is 9.59 Å². The van der Waals surface area contributed by atoms with Crippen LogP contribution in [0.1, 0.15) is 25.7 Å². The zero-order valence-corrected chi connectivity index (χ0v) is 15.7. The largest absolute Gasteiger partial charge is 0.480 e. The average molecular weight is 396 g/mol. The predicted molar refractivity (Wildman–Crippen MR) is 97.9 cm³/mol. The molecule has 7 nitrogen and oxygen atoms in total. The Morgan fingerprint density at radius 2 is 2.12 bits per heavy atom. The number of carboxylic acids is 1. The van der Waals surface area contributed by atoms with E-state index in [1.54, 1.807) is 24.0 Å². The number of hydrogen-bond acceptors (Lipinski definition) is 6. The molecule has 0 aliphatic heterocycles. The van der Waals surface area contributed by atoms with Crippen LogP contribution in [0.25, 0.3) is 11.5 Å². The van der Waals surface area contributed by atoms with Gasteiger partial charge in [-0.25, -0.2) is 0 Å². The molecular formula is C17H18ClN3O4S. The summed E-state index contributed by atoms with van der Waals surface area (Å²) in [5.74, 6) is -0.306. The SMILES string of the molecule is C[C@H](SCC(=O)N(Cc1nnc(-c2ccccc2Cl)o1)C1CC1)C(=O)O. The number of amides is 1. The van der Waals surface area contributed by atoms with Gasteiger partial charge in [-0.15, -0.1) is 22.0 Å². The summed E-state index contributed by atoms with van der Waals surface area (Å²) in [7, 11) is 0. The third kappa shape index (κ3) is 4.56. The van der Waals surface area contributed by atoms with Crippen molar-refractivity contribution in [3.63, 3.8) is 0 Å². The second kappa shape index (κ2) is 8.09. The van der Waals surface area contributed by atoms with Crippen molar-refractivity contribution in [3.8, 4) is 11.5 Å². The number of hydrogen-bond donors (Lipinski definition) is 1. The number of aromatic nitrogens is 2. The molecule has 3 rings (SSSR count). The third-order valence-corrected chi connectivity index (χ3v) is 5.43. The molecule has 2 aromatic rings. The minimum Gasteiger partial charge on any atom is -0.480 e. The zero-order chi connectivity index (χ0) is 18.7. The molecule has 1 heterocycles. The normalized spacial score (nSPS) is 14.8. The second-order valence-corrected chi connectivity index (χ2v) is 7.76. The van der Waals surface area contributed by atoms with Gasteiger partial charge < -0.3 is 14.4 Å². The van der Waals surface area contributed by atoms with E-state index >= 15 is 0 Å². The van der Waals surface area contributed by atoms with Gasteiger partial charge >= 0.3 is 5.97 Å². The van der Waals surface area contributed by atoms with Crippen LogP contribution < -0.4 is 0 Å². The lowest BCUT2D eigenvalue weighted by Crippen LogP contribution is -2.34. The molecule has 1 fully saturated rings. The molecule has 1 atom stereocenters. The number of carbonyl (C=O) groups excluding carboxylic acids is 1. The molecule has 0 unspecified atom stereocenters. The molecule has 1 aromatic heterocycles. The highest BCUT2D eigenvalue weighted by molar-refractivity contribution is 8.01. The van der Waals surface area contributed by atoms with Crippen molar-refractivity contribution < 1.29 is 19.1 Å². The second-order valence-electron chi connectivity index (χ2n) is 6.03. The van der Waals surface area contributed by atoms with Crippen molar-refractivity contribution in [2.45, 2.75) is 37.6 Å². The summed E-state index contributed by atoms with van der Waals surface area (Å²) in [5.41, 5.74) is 0.642. The molecule has 1 aromatic carbocycles. The molecule has 1 amide bonds. The van der Waals surface area contributed by atoms with Crippen molar-refractivity contribution in [2.75, 3.05) is 5.75 Å². The number of thioether (sulfide) groups is 1. The predicted octanol–water partition coefficient (Wildman–Crippen LogP) is 3.09. The highest BCUT2D eigenvalue weighted by Gasteiger charge is 2.34. The molecule has 138 valence electrons. The van der Waals surface area contributed by atoms with E-state index in [9.17, 15) is 9.59 Å². The molecule has 26 heavy (non-hydrogen) atoms. The maximum atomic E-state index is 12.5. The topological polar surface area (TPSA) is 96.5 Å². The van der Waals surface area contributed by atoms with Gasteiger partial charge in [0.1, 0.15) is 0 Å². The van der Waals surface area contributed by atoms with E-state index in [-0.39, 0.29) is 24.2 Å². The van der Waals surface area contributed by atoms with Crippen LogP contribution in [0.2, 0.25) is 5.02 Å². The Bertz CT molecular complexity index is 809. The van der Waals surface area contributed by atoms with Gasteiger partial charge in [-0.2, -0.15) is 0 Å². The van der Waals surface area contributed by atoms with Gasteiger partial charge in [-0.1, -0.05) is 23.7 Å². The van der Waals surface area contributed by atoms with E-state index in [1.165, 1.54) is 0 Å². The maximum absolute atomic E-state index is 12.5. The minimum atomic E-state index is -0.929. The van der Waals surface area contributed by atoms with Crippen LogP contribution in [0.5, 0.6) is 0 Å². The lowest BCUT2D eigenvalue weighted by Gasteiger charge is -2.20. The summed E-state index contributed by atoms with van der Waals surface area (Å²) in [6.07, 6.45) is 1.85. The molecule has 0 bridgehead atoms. The van der Waals surface area contributed by atoms with Crippen LogP contribution in [0.3, 0.4) is 0 Å². The molecule has 1 aliphatic rings. The van der Waals surface area contributed by atoms with E-state index in [1.807, 2.05) is 12.1 Å². The van der Waals surface area contributed by atoms with Crippen LogP contribution in [-0.4, -0.2) is 49.1 Å². The van der Waals surface area contributed by atoms with Crippen molar-refractivity contribution in [1.29, 1.82) is 0 Å². The smallest absolute Gasteiger partial charge is 0.316 e.